The summed E-state index contributed by atoms with van der Waals surface area (Å²) in [6, 6.07) is 10.2. The van der Waals surface area contributed by atoms with E-state index in [2.05, 4.69) is 20.5 Å². The SMILES string of the molecule is CN=C(NCC(C)Oc1ccc(F)cc1)NCC(c1ccco1)N1CCCC1. The van der Waals surface area contributed by atoms with Crippen LogP contribution in [-0.2, 0) is 0 Å². The molecular formula is C21H29FN4O2. The quantitative estimate of drug-likeness (QED) is 0.537. The largest absolute Gasteiger partial charge is 0.489 e. The molecule has 1 aliphatic rings. The van der Waals surface area contributed by atoms with Gasteiger partial charge in [0.25, 0.3) is 0 Å². The minimum Gasteiger partial charge on any atom is -0.489 e. The molecule has 28 heavy (non-hydrogen) atoms. The Morgan fingerprint density at radius 1 is 1.18 bits per heavy atom. The van der Waals surface area contributed by atoms with E-state index in [1.165, 1.54) is 25.0 Å². The van der Waals surface area contributed by atoms with Crippen LogP contribution in [0.3, 0.4) is 0 Å². The van der Waals surface area contributed by atoms with Crippen LogP contribution in [0.1, 0.15) is 31.6 Å². The third kappa shape index (κ3) is 5.73. The fourth-order valence-electron chi connectivity index (χ4n) is 3.39. The van der Waals surface area contributed by atoms with Crippen molar-refractivity contribution in [3.63, 3.8) is 0 Å². The van der Waals surface area contributed by atoms with Gasteiger partial charge in [-0.1, -0.05) is 0 Å². The lowest BCUT2D eigenvalue weighted by Crippen LogP contribution is -2.45. The van der Waals surface area contributed by atoms with Gasteiger partial charge in [0.1, 0.15) is 23.4 Å². The predicted molar refractivity (Wildman–Crippen MR) is 108 cm³/mol. The van der Waals surface area contributed by atoms with Crippen molar-refractivity contribution in [1.82, 2.24) is 15.5 Å². The summed E-state index contributed by atoms with van der Waals surface area (Å²) >= 11 is 0. The average Bonchev–Trinajstić information content (AvgIpc) is 3.41. The van der Waals surface area contributed by atoms with Crippen molar-refractivity contribution in [2.75, 3.05) is 33.2 Å². The Balaban J connectivity index is 1.48. The fourth-order valence-corrected chi connectivity index (χ4v) is 3.39. The second kappa shape index (κ2) is 10.1. The summed E-state index contributed by atoms with van der Waals surface area (Å²) in [6.07, 6.45) is 4.08. The highest BCUT2D eigenvalue weighted by molar-refractivity contribution is 5.79. The second-order valence-electron chi connectivity index (χ2n) is 6.99. The zero-order valence-electron chi connectivity index (χ0n) is 16.5. The van der Waals surface area contributed by atoms with Crippen LogP contribution in [0.25, 0.3) is 0 Å². The first-order valence-electron chi connectivity index (χ1n) is 9.80. The summed E-state index contributed by atoms with van der Waals surface area (Å²) < 4.78 is 24.4. The molecule has 7 heteroatoms. The molecule has 0 saturated carbocycles. The number of nitrogens with zero attached hydrogens (tertiary/aromatic N) is 2. The number of hydrogen-bond acceptors (Lipinski definition) is 4. The van der Waals surface area contributed by atoms with Crippen LogP contribution in [0.5, 0.6) is 5.75 Å². The van der Waals surface area contributed by atoms with Crippen molar-refractivity contribution < 1.29 is 13.5 Å². The minimum atomic E-state index is -0.271. The maximum atomic E-state index is 13.0. The standard InChI is InChI=1S/C21H29FN4O2/c1-16(28-18-9-7-17(22)8-10-18)14-24-21(23-2)25-15-19(20-6-5-13-27-20)26-11-3-4-12-26/h5-10,13,16,19H,3-4,11-12,14-15H2,1-2H3,(H2,23,24,25). The topological polar surface area (TPSA) is 62.0 Å². The molecule has 0 radical (unpaired) electrons. The first kappa shape index (κ1) is 20.2. The van der Waals surface area contributed by atoms with Gasteiger partial charge in [-0.05, 0) is 69.3 Å². The second-order valence-corrected chi connectivity index (χ2v) is 6.99. The predicted octanol–water partition coefficient (Wildman–Crippen LogP) is 3.19. The van der Waals surface area contributed by atoms with Crippen molar-refractivity contribution in [1.29, 1.82) is 0 Å². The molecule has 2 N–H and O–H groups in total. The molecule has 1 fully saturated rings. The van der Waals surface area contributed by atoms with Crippen LogP contribution in [0.2, 0.25) is 0 Å². The van der Waals surface area contributed by atoms with Crippen LogP contribution in [-0.4, -0.2) is 50.2 Å². The summed E-state index contributed by atoms with van der Waals surface area (Å²) in [5.41, 5.74) is 0. The molecule has 2 heterocycles. The van der Waals surface area contributed by atoms with Gasteiger partial charge < -0.3 is 19.8 Å². The van der Waals surface area contributed by atoms with E-state index in [0.717, 1.165) is 18.8 Å². The maximum absolute atomic E-state index is 13.0. The number of furan rings is 1. The normalized spacial score (nSPS) is 17.3. The van der Waals surface area contributed by atoms with Gasteiger partial charge in [-0.3, -0.25) is 9.89 Å². The average molecular weight is 388 g/mol. The molecule has 2 atom stereocenters. The third-order valence-corrected chi connectivity index (χ3v) is 4.85. The molecule has 6 nitrogen and oxygen atoms in total. The number of hydrogen-bond donors (Lipinski definition) is 2. The van der Waals surface area contributed by atoms with Gasteiger partial charge in [0, 0.05) is 13.6 Å². The number of likely N-dealkylation sites (tertiary alicyclic amines) is 1. The summed E-state index contributed by atoms with van der Waals surface area (Å²) in [6.45, 7) is 5.41. The van der Waals surface area contributed by atoms with Gasteiger partial charge in [-0.25, -0.2) is 4.39 Å². The zero-order chi connectivity index (χ0) is 19.8. The lowest BCUT2D eigenvalue weighted by molar-refractivity contribution is 0.213. The van der Waals surface area contributed by atoms with Crippen molar-refractivity contribution in [2.45, 2.75) is 31.9 Å². The molecule has 2 unspecified atom stereocenters. The van der Waals surface area contributed by atoms with Crippen molar-refractivity contribution >= 4 is 5.96 Å². The van der Waals surface area contributed by atoms with Crippen LogP contribution >= 0.6 is 0 Å². The van der Waals surface area contributed by atoms with Gasteiger partial charge in [0.2, 0.25) is 0 Å². The number of guanidine groups is 1. The molecule has 152 valence electrons. The van der Waals surface area contributed by atoms with Crippen LogP contribution in [0, 0.1) is 5.82 Å². The molecule has 1 aromatic heterocycles. The van der Waals surface area contributed by atoms with E-state index in [4.69, 9.17) is 9.15 Å². The summed E-state index contributed by atoms with van der Waals surface area (Å²) in [5.74, 6) is 2.06. The van der Waals surface area contributed by atoms with Crippen molar-refractivity contribution in [3.05, 3.63) is 54.2 Å². The molecule has 2 aromatic rings. The fraction of sp³-hybridized carbons (Fsp3) is 0.476. The maximum Gasteiger partial charge on any atom is 0.191 e. The Bertz CT molecular complexity index is 727. The molecule has 3 rings (SSSR count). The van der Waals surface area contributed by atoms with Crippen LogP contribution in [0.4, 0.5) is 4.39 Å². The van der Waals surface area contributed by atoms with E-state index in [1.54, 1.807) is 25.4 Å². The first-order chi connectivity index (χ1) is 13.7. The molecule has 0 spiro atoms. The molecular weight excluding hydrogens is 359 g/mol. The molecule has 1 saturated heterocycles. The van der Waals surface area contributed by atoms with Gasteiger partial charge in [0.15, 0.2) is 5.96 Å². The monoisotopic (exact) mass is 388 g/mol. The number of ether oxygens (including phenoxy) is 1. The van der Waals surface area contributed by atoms with E-state index in [-0.39, 0.29) is 18.0 Å². The Hall–Kier alpha value is -2.54. The number of rotatable bonds is 8. The molecule has 1 aliphatic heterocycles. The molecule has 1 aromatic carbocycles. The Morgan fingerprint density at radius 3 is 2.54 bits per heavy atom. The van der Waals surface area contributed by atoms with Gasteiger partial charge in [-0.15, -0.1) is 0 Å². The lowest BCUT2D eigenvalue weighted by Gasteiger charge is -2.27. The third-order valence-electron chi connectivity index (χ3n) is 4.85. The summed E-state index contributed by atoms with van der Waals surface area (Å²) in [4.78, 5) is 6.74. The Kier molecular flexibility index (Phi) is 7.31. The highest BCUT2D eigenvalue weighted by atomic mass is 19.1. The number of nitrogens with one attached hydrogen (secondary N) is 2. The van der Waals surface area contributed by atoms with Crippen molar-refractivity contribution in [3.8, 4) is 5.75 Å². The zero-order valence-corrected chi connectivity index (χ0v) is 16.5. The van der Waals surface area contributed by atoms with Crippen LogP contribution in [0.15, 0.2) is 52.1 Å². The summed E-state index contributed by atoms with van der Waals surface area (Å²) in [7, 11) is 1.75. The highest BCUT2D eigenvalue weighted by Crippen LogP contribution is 2.24. The van der Waals surface area contributed by atoms with Crippen LogP contribution < -0.4 is 15.4 Å². The lowest BCUT2D eigenvalue weighted by atomic mass is 10.2. The number of benzene rings is 1. The molecule has 0 aliphatic carbocycles. The summed E-state index contributed by atoms with van der Waals surface area (Å²) in [5, 5.41) is 6.68. The van der Waals surface area contributed by atoms with Gasteiger partial charge >= 0.3 is 0 Å². The number of halogens is 1. The van der Waals surface area contributed by atoms with E-state index in [0.29, 0.717) is 24.8 Å². The molecule has 0 amide bonds. The highest BCUT2D eigenvalue weighted by Gasteiger charge is 2.25. The van der Waals surface area contributed by atoms with E-state index in [1.807, 2.05) is 19.1 Å². The molecule has 0 bridgehead atoms. The smallest absolute Gasteiger partial charge is 0.191 e. The van der Waals surface area contributed by atoms with E-state index >= 15 is 0 Å². The first-order valence-corrected chi connectivity index (χ1v) is 9.80. The van der Waals surface area contributed by atoms with Gasteiger partial charge in [-0.2, -0.15) is 0 Å². The van der Waals surface area contributed by atoms with E-state index in [9.17, 15) is 4.39 Å². The number of aliphatic imine (C=N–C) groups is 1. The van der Waals surface area contributed by atoms with Crippen molar-refractivity contribution in [2.24, 2.45) is 4.99 Å². The Morgan fingerprint density at radius 2 is 1.89 bits per heavy atom. The van der Waals surface area contributed by atoms with E-state index < -0.39 is 0 Å². The Labute approximate surface area is 165 Å². The van der Waals surface area contributed by atoms with Gasteiger partial charge in [0.05, 0.1) is 18.8 Å². The minimum absolute atomic E-state index is 0.0940.